The number of esters is 1. The zero-order valence-corrected chi connectivity index (χ0v) is 21.3. The Hall–Kier alpha value is -5.05. The highest BCUT2D eigenvalue weighted by Crippen LogP contribution is 2.48. The van der Waals surface area contributed by atoms with Crippen molar-refractivity contribution >= 4 is 28.7 Å². The fourth-order valence-electron chi connectivity index (χ4n) is 5.03. The number of rotatable bonds is 5. The van der Waals surface area contributed by atoms with Gasteiger partial charge >= 0.3 is 5.97 Å². The van der Waals surface area contributed by atoms with Crippen LogP contribution in [0.2, 0.25) is 0 Å². The molecule has 0 unspecified atom stereocenters. The summed E-state index contributed by atoms with van der Waals surface area (Å²) in [7, 11) is 4.62. The average molecular weight is 526 g/mol. The van der Waals surface area contributed by atoms with E-state index >= 15 is 0 Å². The molecule has 4 aromatic rings. The van der Waals surface area contributed by atoms with Gasteiger partial charge in [-0.25, -0.2) is 0 Å². The monoisotopic (exact) mass is 525 g/mol. The van der Waals surface area contributed by atoms with Crippen molar-refractivity contribution in [3.8, 4) is 28.7 Å². The summed E-state index contributed by atoms with van der Waals surface area (Å²) < 4.78 is 27.6. The molecule has 1 aromatic heterocycles. The Bertz CT molecular complexity index is 1770. The molecule has 0 bridgehead atoms. The van der Waals surface area contributed by atoms with E-state index in [1.165, 1.54) is 7.11 Å². The van der Waals surface area contributed by atoms with Gasteiger partial charge in [0.05, 0.1) is 38.8 Å². The molecular weight excluding hydrogens is 502 g/mol. The first kappa shape index (κ1) is 24.3. The Kier molecular flexibility index (Phi) is 5.83. The molecule has 2 aliphatic heterocycles. The van der Waals surface area contributed by atoms with Crippen LogP contribution in [0.3, 0.4) is 0 Å². The molecule has 9 nitrogen and oxygen atoms in total. The van der Waals surface area contributed by atoms with Crippen molar-refractivity contribution in [2.45, 2.75) is 12.3 Å². The van der Waals surface area contributed by atoms with Crippen LogP contribution in [-0.2, 0) is 4.79 Å². The van der Waals surface area contributed by atoms with Gasteiger partial charge in [-0.05, 0) is 53.9 Å². The van der Waals surface area contributed by atoms with Crippen LogP contribution < -0.4 is 29.2 Å². The van der Waals surface area contributed by atoms with E-state index in [1.54, 1.807) is 68.8 Å². The zero-order valence-electron chi connectivity index (χ0n) is 21.3. The van der Waals surface area contributed by atoms with Crippen LogP contribution in [0.1, 0.15) is 39.4 Å². The summed E-state index contributed by atoms with van der Waals surface area (Å²) in [6.45, 7) is 0. The van der Waals surface area contributed by atoms with E-state index in [4.69, 9.17) is 23.7 Å². The van der Waals surface area contributed by atoms with Crippen LogP contribution in [0.15, 0.2) is 65.2 Å². The standard InChI is InChI=1S/C30H23NO8/c1-35-17-6-4-15-10-21(30(34)31-22(15)12-17)20-14-26(32)38-23-9-8-19-28(33)25(39-29(19)27(20)23)11-16-5-7-18(36-2)13-24(16)37-3/h4-13,20H,14H2,1-3H3,(H,31,34)/b25-11-/t20-/m0/s1. The van der Waals surface area contributed by atoms with Gasteiger partial charge < -0.3 is 28.7 Å². The Morgan fingerprint density at radius 2 is 1.64 bits per heavy atom. The fourth-order valence-corrected chi connectivity index (χ4v) is 5.03. The van der Waals surface area contributed by atoms with Gasteiger partial charge in [0, 0.05) is 34.7 Å². The molecule has 1 N–H and O–H groups in total. The molecule has 39 heavy (non-hydrogen) atoms. The third-order valence-corrected chi connectivity index (χ3v) is 6.96. The number of ether oxygens (including phenoxy) is 5. The molecule has 1 atom stereocenters. The lowest BCUT2D eigenvalue weighted by atomic mass is 9.85. The number of hydrogen-bond acceptors (Lipinski definition) is 8. The summed E-state index contributed by atoms with van der Waals surface area (Å²) >= 11 is 0. The van der Waals surface area contributed by atoms with Crippen molar-refractivity contribution in [1.82, 2.24) is 4.98 Å². The first-order valence-electron chi connectivity index (χ1n) is 12.1. The Morgan fingerprint density at radius 1 is 0.872 bits per heavy atom. The third kappa shape index (κ3) is 4.08. The molecule has 2 aliphatic rings. The maximum absolute atomic E-state index is 13.4. The molecule has 0 amide bonds. The average Bonchev–Trinajstić information content (AvgIpc) is 3.26. The van der Waals surface area contributed by atoms with Crippen LogP contribution in [0, 0.1) is 0 Å². The van der Waals surface area contributed by atoms with E-state index in [0.717, 1.165) is 5.39 Å². The summed E-state index contributed by atoms with van der Waals surface area (Å²) in [6.07, 6.45) is 1.50. The number of benzene rings is 3. The summed E-state index contributed by atoms with van der Waals surface area (Å²) in [5.74, 6) is 0.811. The number of nitrogens with one attached hydrogen (secondary N) is 1. The minimum Gasteiger partial charge on any atom is -0.497 e. The Labute approximate surface area is 222 Å². The van der Waals surface area contributed by atoms with E-state index in [0.29, 0.717) is 45.0 Å². The van der Waals surface area contributed by atoms with Gasteiger partial charge in [-0.1, -0.05) is 0 Å². The maximum Gasteiger partial charge on any atom is 0.312 e. The van der Waals surface area contributed by atoms with Crippen molar-refractivity contribution in [3.63, 3.8) is 0 Å². The second-order valence-electron chi connectivity index (χ2n) is 9.14. The largest absolute Gasteiger partial charge is 0.497 e. The molecule has 0 aliphatic carbocycles. The number of methoxy groups -OCH3 is 3. The van der Waals surface area contributed by atoms with Crippen molar-refractivity contribution in [3.05, 3.63) is 93.0 Å². The quantitative estimate of drug-likeness (QED) is 0.228. The van der Waals surface area contributed by atoms with E-state index in [1.807, 2.05) is 6.07 Å². The lowest BCUT2D eigenvalue weighted by Crippen LogP contribution is -2.26. The molecule has 0 saturated carbocycles. The SMILES string of the molecule is COc1ccc(/C=C2\Oc3c(ccc4c3[C@H](c3cc5ccc(OC)cc5[nH]c3=O)CC(=O)O4)C2=O)c(OC)c1. The van der Waals surface area contributed by atoms with Crippen molar-refractivity contribution in [2.24, 2.45) is 0 Å². The number of Topliss-reactive ketones (excluding diaryl/α,β-unsaturated/α-hetero) is 1. The van der Waals surface area contributed by atoms with Gasteiger partial charge in [-0.3, -0.25) is 14.4 Å². The predicted molar refractivity (Wildman–Crippen MR) is 142 cm³/mol. The van der Waals surface area contributed by atoms with E-state index in [2.05, 4.69) is 4.98 Å². The molecule has 3 aromatic carbocycles. The molecule has 0 saturated heterocycles. The van der Waals surface area contributed by atoms with Crippen molar-refractivity contribution < 1.29 is 33.3 Å². The summed E-state index contributed by atoms with van der Waals surface area (Å²) in [4.78, 5) is 42.1. The lowest BCUT2D eigenvalue weighted by Gasteiger charge is -2.26. The van der Waals surface area contributed by atoms with Crippen LogP contribution in [-0.4, -0.2) is 38.1 Å². The number of H-pyrrole nitrogens is 1. The van der Waals surface area contributed by atoms with E-state index in [-0.39, 0.29) is 35.0 Å². The predicted octanol–water partition coefficient (Wildman–Crippen LogP) is 4.61. The minimum absolute atomic E-state index is 0.0806. The smallest absolute Gasteiger partial charge is 0.312 e. The molecule has 9 heteroatoms. The highest BCUT2D eigenvalue weighted by molar-refractivity contribution is 6.15. The summed E-state index contributed by atoms with van der Waals surface area (Å²) in [6, 6.07) is 15.4. The van der Waals surface area contributed by atoms with Crippen LogP contribution in [0.25, 0.3) is 17.0 Å². The molecular formula is C30H23NO8. The number of allylic oxidation sites excluding steroid dienone is 1. The second-order valence-corrected chi connectivity index (χ2v) is 9.14. The number of hydrogen-bond donors (Lipinski definition) is 1. The number of aromatic amines is 1. The van der Waals surface area contributed by atoms with Crippen LogP contribution in [0.4, 0.5) is 0 Å². The Morgan fingerprint density at radius 3 is 2.41 bits per heavy atom. The number of carbonyl (C=O) groups is 2. The van der Waals surface area contributed by atoms with Crippen LogP contribution in [0.5, 0.6) is 28.7 Å². The van der Waals surface area contributed by atoms with Gasteiger partial charge in [-0.15, -0.1) is 0 Å². The Balaban J connectivity index is 1.46. The fraction of sp³-hybridized carbons (Fsp3) is 0.167. The second kappa shape index (κ2) is 9.36. The van der Waals surface area contributed by atoms with Crippen LogP contribution >= 0.6 is 0 Å². The van der Waals surface area contributed by atoms with E-state index in [9.17, 15) is 14.4 Å². The normalized spacial score (nSPS) is 16.9. The van der Waals surface area contributed by atoms with Crippen molar-refractivity contribution in [2.75, 3.05) is 21.3 Å². The van der Waals surface area contributed by atoms with Gasteiger partial charge in [0.1, 0.15) is 28.7 Å². The first-order valence-corrected chi connectivity index (χ1v) is 12.1. The van der Waals surface area contributed by atoms with Gasteiger partial charge in [-0.2, -0.15) is 0 Å². The highest BCUT2D eigenvalue weighted by Gasteiger charge is 2.39. The molecule has 0 fully saturated rings. The van der Waals surface area contributed by atoms with Gasteiger partial charge in [0.15, 0.2) is 5.76 Å². The number of aromatic nitrogens is 1. The summed E-state index contributed by atoms with van der Waals surface area (Å²) in [5.41, 5.74) is 2.02. The number of carbonyl (C=O) groups excluding carboxylic acids is 2. The lowest BCUT2D eigenvalue weighted by molar-refractivity contribution is -0.135. The first-order chi connectivity index (χ1) is 18.9. The topological polar surface area (TPSA) is 113 Å². The molecule has 3 heterocycles. The number of fused-ring (bicyclic) bond motifs is 4. The zero-order chi connectivity index (χ0) is 27.3. The van der Waals surface area contributed by atoms with Gasteiger partial charge in [0.2, 0.25) is 5.78 Å². The molecule has 0 spiro atoms. The van der Waals surface area contributed by atoms with Crippen molar-refractivity contribution in [1.29, 1.82) is 0 Å². The molecule has 6 rings (SSSR count). The highest BCUT2D eigenvalue weighted by atomic mass is 16.5. The van der Waals surface area contributed by atoms with E-state index < -0.39 is 11.9 Å². The van der Waals surface area contributed by atoms with Gasteiger partial charge in [0.25, 0.3) is 5.56 Å². The number of pyridine rings is 1. The molecule has 0 radical (unpaired) electrons. The molecule has 196 valence electrons. The number of ketones is 1. The summed E-state index contributed by atoms with van der Waals surface area (Å²) in [5, 5.41) is 0.766. The third-order valence-electron chi connectivity index (χ3n) is 6.96. The minimum atomic E-state index is -0.686. The maximum atomic E-state index is 13.4.